The van der Waals surface area contributed by atoms with Crippen molar-refractivity contribution in [1.82, 2.24) is 9.80 Å². The fourth-order valence-corrected chi connectivity index (χ4v) is 4.32. The predicted octanol–water partition coefficient (Wildman–Crippen LogP) is 2.58. The number of carboxylic acids is 1. The van der Waals surface area contributed by atoms with Crippen molar-refractivity contribution in [2.24, 2.45) is 0 Å². The highest BCUT2D eigenvalue weighted by Crippen LogP contribution is 2.39. The maximum Gasteiger partial charge on any atom is 0.328 e. The van der Waals surface area contributed by atoms with Gasteiger partial charge in [0.15, 0.2) is 6.04 Å². The summed E-state index contributed by atoms with van der Waals surface area (Å²) in [6, 6.07) is 12.3. The molecule has 2 aromatic rings. The Kier molecular flexibility index (Phi) is 4.61. The van der Waals surface area contributed by atoms with Gasteiger partial charge in [0.25, 0.3) is 5.91 Å². The molecule has 0 radical (unpaired) electrons. The van der Waals surface area contributed by atoms with E-state index in [2.05, 4.69) is 11.8 Å². The van der Waals surface area contributed by atoms with Crippen molar-refractivity contribution in [3.05, 3.63) is 48.0 Å². The number of rotatable bonds is 3. The molecule has 2 aliphatic rings. The van der Waals surface area contributed by atoms with Crippen LogP contribution in [0.3, 0.4) is 0 Å². The monoisotopic (exact) mass is 368 g/mol. The van der Waals surface area contributed by atoms with Crippen molar-refractivity contribution in [1.29, 1.82) is 0 Å². The van der Waals surface area contributed by atoms with E-state index in [1.165, 1.54) is 4.90 Å². The van der Waals surface area contributed by atoms with E-state index < -0.39 is 17.7 Å². The smallest absolute Gasteiger partial charge is 0.328 e. The van der Waals surface area contributed by atoms with Crippen LogP contribution < -0.4 is 0 Å². The molecule has 27 heavy (non-hydrogen) atoms. The number of carboxylic acid groups (broad SMARTS) is 1. The molecule has 142 valence electrons. The number of fused-ring (bicyclic) bond motifs is 1. The summed E-state index contributed by atoms with van der Waals surface area (Å²) >= 11 is 0. The SMILES string of the molecule is CCN1CCC2(CC1)OC[C@@H](C(=O)O)N2C(=O)c1cccc2ccccc12. The molecule has 2 aromatic carbocycles. The van der Waals surface area contributed by atoms with Gasteiger partial charge in [-0.25, -0.2) is 4.79 Å². The van der Waals surface area contributed by atoms with Gasteiger partial charge in [0.2, 0.25) is 0 Å². The van der Waals surface area contributed by atoms with Gasteiger partial charge in [-0.3, -0.25) is 9.69 Å². The highest BCUT2D eigenvalue weighted by atomic mass is 16.5. The van der Waals surface area contributed by atoms with Crippen molar-refractivity contribution >= 4 is 22.6 Å². The van der Waals surface area contributed by atoms with Gasteiger partial charge in [-0.05, 0) is 23.4 Å². The Bertz CT molecular complexity index is 868. The average molecular weight is 368 g/mol. The molecule has 1 atom stereocenters. The molecule has 0 bridgehead atoms. The second-order valence-electron chi connectivity index (χ2n) is 7.25. The van der Waals surface area contributed by atoms with Gasteiger partial charge in [-0.1, -0.05) is 43.3 Å². The molecule has 0 aromatic heterocycles. The van der Waals surface area contributed by atoms with Gasteiger partial charge in [0.1, 0.15) is 5.72 Å². The largest absolute Gasteiger partial charge is 0.480 e. The minimum Gasteiger partial charge on any atom is -0.480 e. The lowest BCUT2D eigenvalue weighted by atomic mass is 9.95. The first-order chi connectivity index (χ1) is 13.1. The molecule has 6 heteroatoms. The third kappa shape index (κ3) is 2.99. The Morgan fingerprint density at radius 3 is 2.56 bits per heavy atom. The van der Waals surface area contributed by atoms with Crippen LogP contribution in [-0.2, 0) is 9.53 Å². The number of benzene rings is 2. The normalized spacial score (nSPS) is 22.4. The molecular formula is C21H24N2O4. The van der Waals surface area contributed by atoms with E-state index >= 15 is 0 Å². The number of likely N-dealkylation sites (tertiary alicyclic amines) is 1. The number of amides is 1. The van der Waals surface area contributed by atoms with Crippen LogP contribution in [0.1, 0.15) is 30.1 Å². The average Bonchev–Trinajstić information content (AvgIpc) is 3.06. The third-order valence-corrected chi connectivity index (χ3v) is 5.87. The summed E-state index contributed by atoms with van der Waals surface area (Å²) in [4.78, 5) is 29.2. The van der Waals surface area contributed by atoms with Crippen LogP contribution in [0.5, 0.6) is 0 Å². The van der Waals surface area contributed by atoms with E-state index in [0.717, 1.165) is 30.4 Å². The standard InChI is InChI=1S/C21H24N2O4/c1-2-22-12-10-21(11-13-22)23(18(14-27-21)20(25)26)19(24)17-9-5-7-15-6-3-4-8-16(15)17/h3-9,18H,2,10-14H2,1H3,(H,25,26)/t18-/m0/s1. The van der Waals surface area contributed by atoms with Crippen molar-refractivity contribution in [2.45, 2.75) is 31.5 Å². The number of aliphatic carboxylic acids is 1. The molecule has 0 aliphatic carbocycles. The van der Waals surface area contributed by atoms with Gasteiger partial charge >= 0.3 is 5.97 Å². The van der Waals surface area contributed by atoms with E-state index in [0.29, 0.717) is 18.4 Å². The Labute approximate surface area is 158 Å². The van der Waals surface area contributed by atoms with Crippen molar-refractivity contribution in [3.63, 3.8) is 0 Å². The summed E-state index contributed by atoms with van der Waals surface area (Å²) in [6.45, 7) is 4.67. The van der Waals surface area contributed by atoms with Gasteiger partial charge in [-0.2, -0.15) is 0 Å². The zero-order valence-corrected chi connectivity index (χ0v) is 15.4. The van der Waals surface area contributed by atoms with Crippen molar-refractivity contribution in [3.8, 4) is 0 Å². The summed E-state index contributed by atoms with van der Waals surface area (Å²) < 4.78 is 6.01. The molecule has 2 fully saturated rings. The lowest BCUT2D eigenvalue weighted by Crippen LogP contribution is -2.58. The van der Waals surface area contributed by atoms with E-state index in [9.17, 15) is 14.7 Å². The first kappa shape index (κ1) is 17.9. The number of carbonyl (C=O) groups excluding carboxylic acids is 1. The maximum absolute atomic E-state index is 13.6. The molecule has 0 unspecified atom stereocenters. The summed E-state index contributed by atoms with van der Waals surface area (Å²) in [7, 11) is 0. The van der Waals surface area contributed by atoms with Crippen molar-refractivity contribution < 1.29 is 19.4 Å². The molecule has 1 amide bonds. The molecule has 6 nitrogen and oxygen atoms in total. The number of piperidine rings is 1. The first-order valence-electron chi connectivity index (χ1n) is 9.46. The van der Waals surface area contributed by atoms with Gasteiger partial charge in [0, 0.05) is 31.5 Å². The zero-order chi connectivity index (χ0) is 19.0. The summed E-state index contributed by atoms with van der Waals surface area (Å²) in [6.07, 6.45) is 1.25. The quantitative estimate of drug-likeness (QED) is 0.902. The van der Waals surface area contributed by atoms with Crippen molar-refractivity contribution in [2.75, 3.05) is 26.2 Å². The third-order valence-electron chi connectivity index (χ3n) is 5.87. The Morgan fingerprint density at radius 2 is 1.85 bits per heavy atom. The molecular weight excluding hydrogens is 344 g/mol. The van der Waals surface area contributed by atoms with E-state index in [1.807, 2.05) is 36.4 Å². The van der Waals surface area contributed by atoms with Crippen LogP contribution in [0.25, 0.3) is 10.8 Å². The highest BCUT2D eigenvalue weighted by molar-refractivity contribution is 6.08. The molecule has 1 spiro atoms. The van der Waals surface area contributed by atoms with E-state index in [4.69, 9.17) is 4.74 Å². The lowest BCUT2D eigenvalue weighted by molar-refractivity contribution is -0.143. The molecule has 2 aliphatic heterocycles. The number of ether oxygens (including phenoxy) is 1. The molecule has 0 saturated carbocycles. The van der Waals surface area contributed by atoms with Crippen LogP contribution in [0.4, 0.5) is 0 Å². The minimum absolute atomic E-state index is 0.0396. The Morgan fingerprint density at radius 1 is 1.15 bits per heavy atom. The minimum atomic E-state index is -1.02. The Balaban J connectivity index is 1.75. The predicted molar refractivity (Wildman–Crippen MR) is 102 cm³/mol. The van der Waals surface area contributed by atoms with Crippen LogP contribution in [-0.4, -0.2) is 64.8 Å². The Hall–Kier alpha value is -2.44. The van der Waals surface area contributed by atoms with Gasteiger partial charge in [-0.15, -0.1) is 0 Å². The summed E-state index contributed by atoms with van der Waals surface area (Å²) in [5.41, 5.74) is -0.301. The van der Waals surface area contributed by atoms with Gasteiger partial charge < -0.3 is 14.7 Å². The van der Waals surface area contributed by atoms with Gasteiger partial charge in [0.05, 0.1) is 6.61 Å². The van der Waals surface area contributed by atoms with Crippen LogP contribution in [0, 0.1) is 0 Å². The zero-order valence-electron chi connectivity index (χ0n) is 15.4. The second kappa shape index (κ2) is 6.94. The fourth-order valence-electron chi connectivity index (χ4n) is 4.32. The fraction of sp³-hybridized carbons (Fsp3) is 0.429. The molecule has 1 N–H and O–H groups in total. The number of nitrogens with zero attached hydrogens (tertiary/aromatic N) is 2. The highest BCUT2D eigenvalue weighted by Gasteiger charge is 2.54. The summed E-state index contributed by atoms with van der Waals surface area (Å²) in [5, 5.41) is 11.5. The molecule has 4 rings (SSSR count). The topological polar surface area (TPSA) is 70.1 Å². The lowest BCUT2D eigenvalue weighted by Gasteiger charge is -2.44. The number of hydrogen-bond acceptors (Lipinski definition) is 4. The second-order valence-corrected chi connectivity index (χ2v) is 7.25. The summed E-state index contributed by atoms with van der Waals surface area (Å²) in [5.74, 6) is -1.28. The van der Waals surface area contributed by atoms with E-state index in [-0.39, 0.29) is 12.5 Å². The number of carbonyl (C=O) groups is 2. The van der Waals surface area contributed by atoms with E-state index in [1.54, 1.807) is 6.07 Å². The maximum atomic E-state index is 13.6. The number of hydrogen-bond donors (Lipinski definition) is 1. The molecule has 2 saturated heterocycles. The van der Waals surface area contributed by atoms with Crippen LogP contribution >= 0.6 is 0 Å². The van der Waals surface area contributed by atoms with Crippen LogP contribution in [0.2, 0.25) is 0 Å². The molecule has 2 heterocycles. The first-order valence-corrected chi connectivity index (χ1v) is 9.46. The van der Waals surface area contributed by atoms with Crippen LogP contribution in [0.15, 0.2) is 42.5 Å².